The second-order valence-electron chi connectivity index (χ2n) is 1.83. The Balaban J connectivity index is 2.14. The van der Waals surface area contributed by atoms with Gasteiger partial charge in [-0.25, -0.2) is 0 Å². The summed E-state index contributed by atoms with van der Waals surface area (Å²) < 4.78 is 0. The molecule has 0 bridgehead atoms. The van der Waals surface area contributed by atoms with Crippen LogP contribution in [0.15, 0.2) is 0 Å². The topological polar surface area (TPSA) is 32.3 Å². The Kier molecular flexibility index (Phi) is 1.65. The first-order chi connectivity index (χ1) is 3.43. The predicted molar refractivity (Wildman–Crippen MR) is 27.5 cm³/mol. The van der Waals surface area contributed by atoms with Crippen LogP contribution in [0.1, 0.15) is 12.8 Å². The molecule has 0 aromatic carbocycles. The van der Waals surface area contributed by atoms with E-state index < -0.39 is 0 Å². The molecule has 1 unspecified atom stereocenters. The molecule has 0 saturated carbocycles. The van der Waals surface area contributed by atoms with Crippen molar-refractivity contribution in [3.8, 4) is 0 Å². The van der Waals surface area contributed by atoms with Gasteiger partial charge in [-0.15, -0.1) is 0 Å². The largest absolute Gasteiger partial charge is 0.395 e. The van der Waals surface area contributed by atoms with Crippen molar-refractivity contribution in [1.82, 2.24) is 5.32 Å². The molecular weight excluding hydrogens is 90.1 g/mol. The van der Waals surface area contributed by atoms with Gasteiger partial charge >= 0.3 is 0 Å². The number of nitrogens with one attached hydrogen (secondary N) is 1. The van der Waals surface area contributed by atoms with Crippen LogP contribution in [-0.4, -0.2) is 17.8 Å². The molecule has 0 aromatic rings. The van der Waals surface area contributed by atoms with Gasteiger partial charge in [0.15, 0.2) is 0 Å². The lowest BCUT2D eigenvalue weighted by Crippen LogP contribution is -2.22. The van der Waals surface area contributed by atoms with E-state index in [0.29, 0.717) is 6.04 Å². The zero-order valence-corrected chi connectivity index (χ0v) is 4.22. The molecular formula is C5H10NO. The second kappa shape index (κ2) is 2.28. The summed E-state index contributed by atoms with van der Waals surface area (Å²) in [5.74, 6) is 0. The van der Waals surface area contributed by atoms with E-state index in [2.05, 4.69) is 5.32 Å². The third kappa shape index (κ3) is 1.14. The molecule has 1 atom stereocenters. The Morgan fingerprint density at radius 2 is 2.71 bits per heavy atom. The molecule has 2 N–H and O–H groups in total. The number of rotatable bonds is 1. The molecule has 1 aliphatic heterocycles. The van der Waals surface area contributed by atoms with E-state index in [4.69, 9.17) is 5.11 Å². The van der Waals surface area contributed by atoms with Crippen LogP contribution in [0.25, 0.3) is 0 Å². The summed E-state index contributed by atoms with van der Waals surface area (Å²) in [4.78, 5) is 0. The van der Waals surface area contributed by atoms with Gasteiger partial charge in [0.05, 0.1) is 6.61 Å². The Morgan fingerprint density at radius 1 is 1.86 bits per heavy atom. The molecule has 0 amide bonds. The first kappa shape index (κ1) is 5.06. The fourth-order valence-corrected chi connectivity index (χ4v) is 0.762. The molecule has 0 aliphatic carbocycles. The van der Waals surface area contributed by atoms with Crippen molar-refractivity contribution in [1.29, 1.82) is 0 Å². The van der Waals surface area contributed by atoms with Gasteiger partial charge in [-0.3, -0.25) is 0 Å². The summed E-state index contributed by atoms with van der Waals surface area (Å²) in [5.41, 5.74) is 0. The SMILES string of the molecule is OCC1CC[CH]N1. The average molecular weight is 100 g/mol. The molecule has 2 nitrogen and oxygen atoms in total. The first-order valence-corrected chi connectivity index (χ1v) is 2.62. The van der Waals surface area contributed by atoms with Gasteiger partial charge in [0.25, 0.3) is 0 Å². The Morgan fingerprint density at radius 3 is 3.00 bits per heavy atom. The summed E-state index contributed by atoms with van der Waals surface area (Å²) in [6, 6.07) is 0.347. The normalized spacial score (nSPS) is 31.3. The highest BCUT2D eigenvalue weighted by Crippen LogP contribution is 2.05. The molecule has 1 aliphatic rings. The molecule has 1 fully saturated rings. The molecule has 1 saturated heterocycles. The fourth-order valence-electron chi connectivity index (χ4n) is 0.762. The van der Waals surface area contributed by atoms with Gasteiger partial charge in [-0.2, -0.15) is 0 Å². The Bertz CT molecular complexity index is 50.0. The molecule has 7 heavy (non-hydrogen) atoms. The van der Waals surface area contributed by atoms with E-state index in [9.17, 15) is 0 Å². The van der Waals surface area contributed by atoms with Crippen molar-refractivity contribution in [3.63, 3.8) is 0 Å². The monoisotopic (exact) mass is 100 g/mol. The minimum Gasteiger partial charge on any atom is -0.395 e. The Labute approximate surface area is 43.5 Å². The van der Waals surface area contributed by atoms with Crippen LogP contribution in [0.4, 0.5) is 0 Å². The van der Waals surface area contributed by atoms with E-state index in [1.54, 1.807) is 0 Å². The van der Waals surface area contributed by atoms with Crippen molar-refractivity contribution < 1.29 is 5.11 Å². The van der Waals surface area contributed by atoms with E-state index >= 15 is 0 Å². The smallest absolute Gasteiger partial charge is 0.0584 e. The van der Waals surface area contributed by atoms with Gasteiger partial charge in [0.2, 0.25) is 0 Å². The molecule has 1 rings (SSSR count). The van der Waals surface area contributed by atoms with Crippen LogP contribution in [0.2, 0.25) is 0 Å². The van der Waals surface area contributed by atoms with Crippen LogP contribution < -0.4 is 5.32 Å². The molecule has 2 heteroatoms. The maximum absolute atomic E-state index is 8.48. The average Bonchev–Trinajstić information content (AvgIpc) is 2.14. The molecule has 0 spiro atoms. The number of hydrogen-bond acceptors (Lipinski definition) is 2. The van der Waals surface area contributed by atoms with Crippen molar-refractivity contribution in [2.75, 3.05) is 6.61 Å². The standard InChI is InChI=1S/C5H10NO/c7-4-5-2-1-3-6-5/h3,5-7H,1-2,4H2. The van der Waals surface area contributed by atoms with Crippen molar-refractivity contribution >= 4 is 0 Å². The quantitative estimate of drug-likeness (QED) is 0.482. The van der Waals surface area contributed by atoms with Crippen LogP contribution in [0.3, 0.4) is 0 Å². The lowest BCUT2D eigenvalue weighted by atomic mass is 10.2. The first-order valence-electron chi connectivity index (χ1n) is 2.62. The lowest BCUT2D eigenvalue weighted by molar-refractivity contribution is 0.256. The predicted octanol–water partition coefficient (Wildman–Crippen LogP) is -0.108. The Hall–Kier alpha value is -0.0800. The van der Waals surface area contributed by atoms with E-state index in [0.717, 1.165) is 12.8 Å². The zero-order chi connectivity index (χ0) is 5.11. The molecule has 1 radical (unpaired) electrons. The third-order valence-corrected chi connectivity index (χ3v) is 1.23. The summed E-state index contributed by atoms with van der Waals surface area (Å²) in [7, 11) is 0. The van der Waals surface area contributed by atoms with Crippen molar-refractivity contribution in [3.05, 3.63) is 6.54 Å². The maximum atomic E-state index is 8.48. The van der Waals surface area contributed by atoms with Crippen LogP contribution in [0.5, 0.6) is 0 Å². The molecule has 1 heterocycles. The van der Waals surface area contributed by atoms with Crippen molar-refractivity contribution in [2.45, 2.75) is 18.9 Å². The minimum atomic E-state index is 0.274. The van der Waals surface area contributed by atoms with Gasteiger partial charge in [-0.05, 0) is 12.8 Å². The van der Waals surface area contributed by atoms with Gasteiger partial charge < -0.3 is 10.4 Å². The van der Waals surface area contributed by atoms with Crippen LogP contribution in [-0.2, 0) is 0 Å². The molecule has 0 aromatic heterocycles. The molecule has 41 valence electrons. The summed E-state index contributed by atoms with van der Waals surface area (Å²) in [6.45, 7) is 2.28. The highest BCUT2D eigenvalue weighted by Gasteiger charge is 2.11. The number of aliphatic hydroxyl groups excluding tert-OH is 1. The van der Waals surface area contributed by atoms with E-state index in [1.807, 2.05) is 6.54 Å². The van der Waals surface area contributed by atoms with Crippen molar-refractivity contribution in [2.24, 2.45) is 0 Å². The fraction of sp³-hybridized carbons (Fsp3) is 0.800. The number of hydrogen-bond donors (Lipinski definition) is 2. The van der Waals surface area contributed by atoms with E-state index in [1.165, 1.54) is 0 Å². The minimum absolute atomic E-state index is 0.274. The van der Waals surface area contributed by atoms with Crippen LogP contribution >= 0.6 is 0 Å². The summed E-state index contributed by atoms with van der Waals surface area (Å²) in [5, 5.41) is 11.5. The lowest BCUT2D eigenvalue weighted by Gasteiger charge is -2.01. The summed E-state index contributed by atoms with van der Waals surface area (Å²) >= 11 is 0. The summed E-state index contributed by atoms with van der Waals surface area (Å²) in [6.07, 6.45) is 2.20. The zero-order valence-electron chi connectivity index (χ0n) is 4.22. The highest BCUT2D eigenvalue weighted by atomic mass is 16.3. The third-order valence-electron chi connectivity index (χ3n) is 1.23. The second-order valence-corrected chi connectivity index (χ2v) is 1.83. The van der Waals surface area contributed by atoms with Gasteiger partial charge in [0, 0.05) is 12.6 Å². The highest BCUT2D eigenvalue weighted by molar-refractivity contribution is 4.80. The maximum Gasteiger partial charge on any atom is 0.0584 e. The van der Waals surface area contributed by atoms with Crippen LogP contribution in [0, 0.1) is 6.54 Å². The van der Waals surface area contributed by atoms with Gasteiger partial charge in [0.1, 0.15) is 0 Å². The van der Waals surface area contributed by atoms with E-state index in [-0.39, 0.29) is 6.61 Å². The van der Waals surface area contributed by atoms with Gasteiger partial charge in [-0.1, -0.05) is 0 Å². The number of aliphatic hydroxyl groups is 1.